The van der Waals surface area contributed by atoms with Crippen LogP contribution in [0.25, 0.3) is 0 Å². The minimum absolute atomic E-state index is 0.112. The van der Waals surface area contributed by atoms with Crippen molar-refractivity contribution in [2.75, 3.05) is 6.54 Å². The van der Waals surface area contributed by atoms with Crippen LogP contribution in [0.15, 0.2) is 0 Å². The first-order valence-electron chi connectivity index (χ1n) is 10.5. The lowest BCUT2D eigenvalue weighted by atomic mass is 9.75. The monoisotopic (exact) mass is 517 g/mol. The largest absolute Gasteiger partial charge is 0.461 e. The highest BCUT2D eigenvalue weighted by Gasteiger charge is 2.66. The summed E-state index contributed by atoms with van der Waals surface area (Å²) in [6, 6.07) is 0. The van der Waals surface area contributed by atoms with Crippen molar-refractivity contribution in [1.82, 2.24) is 4.90 Å². The van der Waals surface area contributed by atoms with Crippen LogP contribution in [-0.4, -0.2) is 45.0 Å². The van der Waals surface area contributed by atoms with Crippen LogP contribution >= 0.6 is 31.9 Å². The van der Waals surface area contributed by atoms with Crippen molar-refractivity contribution in [3.05, 3.63) is 0 Å². The summed E-state index contributed by atoms with van der Waals surface area (Å²) in [6.45, 7) is 6.29. The Labute approximate surface area is 183 Å². The van der Waals surface area contributed by atoms with Gasteiger partial charge in [-0.1, -0.05) is 59.1 Å². The summed E-state index contributed by atoms with van der Waals surface area (Å²) in [5, 5.41) is 0. The SMILES string of the molecule is CC(C)[C@H]1CC[C@@H](C)C[C@H]1OC(=O)CN1C(=O)[C@@H]2[C@H]3C[C@@H]([C@H](Br)[C@H]3Br)[C@H]2C1=O. The molecule has 5 nitrogen and oxygen atoms in total. The van der Waals surface area contributed by atoms with Crippen LogP contribution in [0.3, 0.4) is 0 Å². The Morgan fingerprint density at radius 2 is 1.64 bits per heavy atom. The molecular weight excluding hydrogens is 490 g/mol. The van der Waals surface area contributed by atoms with Gasteiger partial charge in [-0.15, -0.1) is 0 Å². The quantitative estimate of drug-likeness (QED) is 0.323. The molecule has 3 saturated carbocycles. The molecule has 4 fully saturated rings. The first-order valence-corrected chi connectivity index (χ1v) is 12.4. The summed E-state index contributed by atoms with van der Waals surface area (Å²) < 4.78 is 5.82. The second kappa shape index (κ2) is 7.68. The minimum Gasteiger partial charge on any atom is -0.461 e. The average Bonchev–Trinajstić information content (AvgIpc) is 3.22. The number of amides is 2. The third-order valence-electron chi connectivity index (χ3n) is 7.61. The van der Waals surface area contributed by atoms with Crippen LogP contribution in [0.2, 0.25) is 0 Å². The van der Waals surface area contributed by atoms with Crippen molar-refractivity contribution in [3.63, 3.8) is 0 Å². The molecule has 1 saturated heterocycles. The maximum Gasteiger partial charge on any atom is 0.326 e. The summed E-state index contributed by atoms with van der Waals surface area (Å²) in [4.78, 5) is 40.2. The molecule has 2 bridgehead atoms. The highest BCUT2D eigenvalue weighted by molar-refractivity contribution is 9.12. The summed E-state index contributed by atoms with van der Waals surface area (Å²) in [5.41, 5.74) is 0. The van der Waals surface area contributed by atoms with E-state index in [1.54, 1.807) is 0 Å². The second-order valence-corrected chi connectivity index (χ2v) is 11.7. The molecule has 0 aromatic carbocycles. The lowest BCUT2D eigenvalue weighted by Crippen LogP contribution is -2.41. The summed E-state index contributed by atoms with van der Waals surface area (Å²) in [5.74, 6) is 0.312. The van der Waals surface area contributed by atoms with Gasteiger partial charge in [0.25, 0.3) is 0 Å². The van der Waals surface area contributed by atoms with E-state index in [0.29, 0.717) is 17.8 Å². The van der Waals surface area contributed by atoms with Crippen LogP contribution in [0, 0.1) is 41.4 Å². The molecule has 0 radical (unpaired) electrons. The number of fused-ring (bicyclic) bond motifs is 5. The molecule has 1 heterocycles. The second-order valence-electron chi connectivity index (χ2n) is 9.62. The highest BCUT2D eigenvalue weighted by Crippen LogP contribution is 2.60. The molecule has 0 aromatic rings. The Morgan fingerprint density at radius 3 is 2.18 bits per heavy atom. The van der Waals surface area contributed by atoms with Crippen molar-refractivity contribution < 1.29 is 19.1 Å². The minimum atomic E-state index is -0.440. The Hall–Kier alpha value is -0.430. The van der Waals surface area contributed by atoms with Crippen LogP contribution < -0.4 is 0 Å². The Balaban J connectivity index is 1.43. The van der Waals surface area contributed by atoms with Crippen LogP contribution in [-0.2, 0) is 19.1 Å². The Bertz CT molecular complexity index is 651. The number of ether oxygens (including phenoxy) is 1. The van der Waals surface area contributed by atoms with Gasteiger partial charge < -0.3 is 4.74 Å². The van der Waals surface area contributed by atoms with Gasteiger partial charge >= 0.3 is 5.97 Å². The van der Waals surface area contributed by atoms with E-state index in [9.17, 15) is 14.4 Å². The molecule has 9 atom stereocenters. The number of rotatable bonds is 4. The predicted molar refractivity (Wildman–Crippen MR) is 112 cm³/mol. The number of carbonyl (C=O) groups excluding carboxylic acids is 3. The third-order valence-corrected chi connectivity index (χ3v) is 10.8. The zero-order chi connectivity index (χ0) is 20.3. The number of halogens is 2. The van der Waals surface area contributed by atoms with Crippen LogP contribution in [0.4, 0.5) is 0 Å². The molecule has 0 spiro atoms. The average molecular weight is 519 g/mol. The van der Waals surface area contributed by atoms with Gasteiger partial charge in [0.05, 0.1) is 11.8 Å². The van der Waals surface area contributed by atoms with E-state index in [2.05, 4.69) is 52.6 Å². The molecular formula is C21H29Br2NO4. The third kappa shape index (κ3) is 3.28. The molecule has 0 N–H and O–H groups in total. The number of likely N-dealkylation sites (tertiary alicyclic amines) is 1. The number of imide groups is 1. The molecule has 2 amide bonds. The molecule has 28 heavy (non-hydrogen) atoms. The number of hydrogen-bond donors (Lipinski definition) is 0. The van der Waals surface area contributed by atoms with Gasteiger partial charge in [0, 0.05) is 9.65 Å². The van der Waals surface area contributed by atoms with Crippen molar-refractivity contribution in [3.8, 4) is 0 Å². The van der Waals surface area contributed by atoms with E-state index in [0.717, 1.165) is 25.7 Å². The van der Waals surface area contributed by atoms with Crippen LogP contribution in [0.1, 0.15) is 46.5 Å². The van der Waals surface area contributed by atoms with E-state index in [1.807, 2.05) is 0 Å². The van der Waals surface area contributed by atoms with E-state index in [4.69, 9.17) is 4.74 Å². The Kier molecular flexibility index (Phi) is 5.71. The molecule has 0 aromatic heterocycles. The van der Waals surface area contributed by atoms with Crippen molar-refractivity contribution >= 4 is 49.6 Å². The molecule has 0 unspecified atom stereocenters. The predicted octanol–water partition coefficient (Wildman–Crippen LogP) is 3.77. The van der Waals surface area contributed by atoms with Crippen molar-refractivity contribution in [2.24, 2.45) is 41.4 Å². The number of nitrogens with zero attached hydrogens (tertiary/aromatic N) is 1. The van der Waals surface area contributed by atoms with Crippen molar-refractivity contribution in [1.29, 1.82) is 0 Å². The topological polar surface area (TPSA) is 63.7 Å². The van der Waals surface area contributed by atoms with Gasteiger partial charge in [0.1, 0.15) is 12.6 Å². The van der Waals surface area contributed by atoms with Gasteiger partial charge in [0.2, 0.25) is 11.8 Å². The molecule has 156 valence electrons. The maximum atomic E-state index is 13.0. The normalized spacial score (nSPS) is 45.1. The van der Waals surface area contributed by atoms with E-state index >= 15 is 0 Å². The molecule has 7 heteroatoms. The molecule has 3 aliphatic carbocycles. The lowest BCUT2D eigenvalue weighted by molar-refractivity contribution is -0.162. The fraction of sp³-hybridized carbons (Fsp3) is 0.857. The van der Waals surface area contributed by atoms with Gasteiger partial charge in [0.15, 0.2) is 0 Å². The number of esters is 1. The van der Waals surface area contributed by atoms with Gasteiger partial charge in [-0.25, -0.2) is 0 Å². The van der Waals surface area contributed by atoms with Crippen LogP contribution in [0.5, 0.6) is 0 Å². The fourth-order valence-corrected chi connectivity index (χ4v) is 8.03. The fourth-order valence-electron chi connectivity index (χ4n) is 6.15. The molecule has 4 aliphatic rings. The zero-order valence-electron chi connectivity index (χ0n) is 16.6. The van der Waals surface area contributed by atoms with Gasteiger partial charge in [-0.3, -0.25) is 19.3 Å². The maximum absolute atomic E-state index is 13.0. The van der Waals surface area contributed by atoms with Gasteiger partial charge in [-0.2, -0.15) is 0 Å². The van der Waals surface area contributed by atoms with E-state index in [1.165, 1.54) is 4.90 Å². The summed E-state index contributed by atoms with van der Waals surface area (Å²) in [7, 11) is 0. The number of carbonyl (C=O) groups is 3. The molecule has 1 aliphatic heterocycles. The zero-order valence-corrected chi connectivity index (χ0v) is 19.8. The summed E-state index contributed by atoms with van der Waals surface area (Å²) in [6.07, 6.45) is 3.87. The number of alkyl halides is 2. The van der Waals surface area contributed by atoms with E-state index < -0.39 is 5.97 Å². The van der Waals surface area contributed by atoms with Crippen molar-refractivity contribution in [2.45, 2.75) is 62.2 Å². The number of hydrogen-bond acceptors (Lipinski definition) is 4. The lowest BCUT2D eigenvalue weighted by Gasteiger charge is -2.36. The van der Waals surface area contributed by atoms with Gasteiger partial charge in [-0.05, 0) is 48.9 Å². The summed E-state index contributed by atoms with van der Waals surface area (Å²) >= 11 is 7.37. The van der Waals surface area contributed by atoms with E-state index in [-0.39, 0.29) is 57.8 Å². The highest BCUT2D eigenvalue weighted by atomic mass is 79.9. The Morgan fingerprint density at radius 1 is 1.07 bits per heavy atom. The first kappa shape index (κ1) is 20.8. The molecule has 4 rings (SSSR count). The smallest absolute Gasteiger partial charge is 0.326 e. The standard InChI is InChI=1S/C21H29Br2NO4/c1-9(2)11-5-4-10(3)6-14(11)28-15(25)8-24-20(26)16-12-7-13(17(16)21(24)27)19(23)18(12)22/h9-14,16-19H,4-8H2,1-3H3/t10-,11-,12-,13-,14-,16-,17-,18+,19+/m1/s1. The first-order chi connectivity index (χ1) is 13.2.